The molecule has 1 atom stereocenters. The summed E-state index contributed by atoms with van der Waals surface area (Å²) in [6, 6.07) is 21.3. The SMILES string of the molecule is Cc1ccccc1CSc1nnc(C(C)NC(=O)c2ccccc2C)n1-c1cc(Cl)ccc1C. The molecule has 0 aliphatic rings. The quantitative estimate of drug-likeness (QED) is 0.295. The molecule has 0 radical (unpaired) electrons. The van der Waals surface area contributed by atoms with E-state index in [1.54, 1.807) is 11.8 Å². The van der Waals surface area contributed by atoms with Crippen molar-refractivity contribution in [1.82, 2.24) is 20.1 Å². The van der Waals surface area contributed by atoms with E-state index in [2.05, 4.69) is 34.6 Å². The summed E-state index contributed by atoms with van der Waals surface area (Å²) in [5.74, 6) is 1.27. The standard InChI is InChI=1S/C27H27ClN4OS/c1-17-9-5-7-11-21(17)16-34-27-31-30-25(32(27)24-15-22(28)14-13-19(24)3)20(4)29-26(33)23-12-8-6-10-18(23)2/h5-15,20H,16H2,1-4H3,(H,29,33). The first-order valence-electron chi connectivity index (χ1n) is 11.1. The third kappa shape index (κ3) is 5.18. The fraction of sp³-hybridized carbons (Fsp3) is 0.222. The summed E-state index contributed by atoms with van der Waals surface area (Å²) in [4.78, 5) is 13.0. The van der Waals surface area contributed by atoms with Gasteiger partial charge in [0, 0.05) is 16.3 Å². The number of hydrogen-bond donors (Lipinski definition) is 1. The molecule has 174 valence electrons. The minimum atomic E-state index is -0.370. The van der Waals surface area contributed by atoms with Crippen molar-refractivity contribution in [1.29, 1.82) is 0 Å². The van der Waals surface area contributed by atoms with Crippen molar-refractivity contribution in [3.63, 3.8) is 0 Å². The minimum absolute atomic E-state index is 0.142. The summed E-state index contributed by atoms with van der Waals surface area (Å²) >= 11 is 7.98. The van der Waals surface area contributed by atoms with Crippen LogP contribution in [-0.2, 0) is 5.75 Å². The topological polar surface area (TPSA) is 59.8 Å². The zero-order valence-electron chi connectivity index (χ0n) is 19.7. The van der Waals surface area contributed by atoms with Gasteiger partial charge in [0.05, 0.1) is 11.7 Å². The highest BCUT2D eigenvalue weighted by Crippen LogP contribution is 2.31. The molecule has 3 aromatic carbocycles. The van der Waals surface area contributed by atoms with Gasteiger partial charge in [0.15, 0.2) is 11.0 Å². The molecule has 34 heavy (non-hydrogen) atoms. The van der Waals surface area contributed by atoms with Crippen molar-refractivity contribution in [2.75, 3.05) is 0 Å². The molecule has 1 heterocycles. The molecule has 5 nitrogen and oxygen atoms in total. The number of amides is 1. The Bertz CT molecular complexity index is 1330. The highest BCUT2D eigenvalue weighted by molar-refractivity contribution is 7.98. The molecule has 7 heteroatoms. The first-order valence-corrected chi connectivity index (χ1v) is 12.5. The molecule has 1 N–H and O–H groups in total. The van der Waals surface area contributed by atoms with Crippen molar-refractivity contribution >= 4 is 29.3 Å². The maximum absolute atomic E-state index is 13.0. The number of benzene rings is 3. The first-order chi connectivity index (χ1) is 16.3. The van der Waals surface area contributed by atoms with E-state index in [1.807, 2.05) is 79.9 Å². The van der Waals surface area contributed by atoms with E-state index in [1.165, 1.54) is 11.1 Å². The fourth-order valence-corrected chi connectivity index (χ4v) is 4.98. The number of carbonyl (C=O) groups is 1. The molecule has 0 aliphatic heterocycles. The van der Waals surface area contributed by atoms with E-state index in [0.717, 1.165) is 27.7 Å². The molecule has 0 saturated carbocycles. The number of nitrogens with one attached hydrogen (secondary N) is 1. The van der Waals surface area contributed by atoms with Crippen LogP contribution < -0.4 is 5.32 Å². The summed E-state index contributed by atoms with van der Waals surface area (Å²) in [6.45, 7) is 7.99. The van der Waals surface area contributed by atoms with Crippen LogP contribution in [0.2, 0.25) is 5.02 Å². The maximum atomic E-state index is 13.0. The van der Waals surface area contributed by atoms with Gasteiger partial charge in [-0.2, -0.15) is 0 Å². The lowest BCUT2D eigenvalue weighted by Crippen LogP contribution is -2.29. The van der Waals surface area contributed by atoms with Crippen LogP contribution in [0.1, 0.15) is 51.4 Å². The third-order valence-electron chi connectivity index (χ3n) is 5.81. The highest BCUT2D eigenvalue weighted by Gasteiger charge is 2.23. The van der Waals surface area contributed by atoms with Crippen molar-refractivity contribution in [3.8, 4) is 5.69 Å². The second-order valence-corrected chi connectivity index (χ2v) is 9.71. The van der Waals surface area contributed by atoms with E-state index in [9.17, 15) is 4.79 Å². The molecule has 1 amide bonds. The Kier molecular flexibility index (Phi) is 7.39. The molecule has 0 fully saturated rings. The normalized spacial score (nSPS) is 11.9. The predicted octanol–water partition coefficient (Wildman–Crippen LogP) is 6.63. The summed E-state index contributed by atoms with van der Waals surface area (Å²) in [6.07, 6.45) is 0. The Morgan fingerprint density at radius 2 is 1.68 bits per heavy atom. The summed E-state index contributed by atoms with van der Waals surface area (Å²) in [5.41, 5.74) is 5.99. The van der Waals surface area contributed by atoms with Gasteiger partial charge in [-0.05, 0) is 68.1 Å². The Morgan fingerprint density at radius 3 is 2.41 bits per heavy atom. The Hall–Kier alpha value is -3.09. The molecular weight excluding hydrogens is 464 g/mol. The van der Waals surface area contributed by atoms with E-state index in [-0.39, 0.29) is 11.9 Å². The second-order valence-electron chi connectivity index (χ2n) is 8.33. The zero-order valence-corrected chi connectivity index (χ0v) is 21.2. The molecule has 4 rings (SSSR count). The maximum Gasteiger partial charge on any atom is 0.252 e. The average Bonchev–Trinajstić information content (AvgIpc) is 3.24. The third-order valence-corrected chi connectivity index (χ3v) is 7.03. The average molecular weight is 491 g/mol. The zero-order chi connectivity index (χ0) is 24.2. The second kappa shape index (κ2) is 10.5. The molecule has 1 aromatic heterocycles. The Balaban J connectivity index is 1.69. The number of halogens is 1. The monoisotopic (exact) mass is 490 g/mol. The van der Waals surface area contributed by atoms with Gasteiger partial charge >= 0.3 is 0 Å². The van der Waals surface area contributed by atoms with E-state index in [0.29, 0.717) is 16.4 Å². The summed E-state index contributed by atoms with van der Waals surface area (Å²) < 4.78 is 2.01. The van der Waals surface area contributed by atoms with Crippen molar-refractivity contribution in [3.05, 3.63) is 105 Å². The summed E-state index contributed by atoms with van der Waals surface area (Å²) in [7, 11) is 0. The van der Waals surface area contributed by atoms with Gasteiger partial charge in [-0.15, -0.1) is 10.2 Å². The van der Waals surface area contributed by atoms with Crippen LogP contribution in [0.5, 0.6) is 0 Å². The molecule has 0 bridgehead atoms. The van der Waals surface area contributed by atoms with Crippen LogP contribution in [0.25, 0.3) is 5.69 Å². The van der Waals surface area contributed by atoms with Gasteiger partial charge < -0.3 is 5.32 Å². The molecule has 1 unspecified atom stereocenters. The lowest BCUT2D eigenvalue weighted by molar-refractivity contribution is 0.0937. The molecule has 4 aromatic rings. The first kappa shape index (κ1) is 24.0. The van der Waals surface area contributed by atoms with E-state index < -0.39 is 0 Å². The van der Waals surface area contributed by atoms with Gasteiger partial charge in [-0.3, -0.25) is 9.36 Å². The van der Waals surface area contributed by atoms with Gasteiger partial charge in [0.2, 0.25) is 0 Å². The Labute approximate surface area is 209 Å². The predicted molar refractivity (Wildman–Crippen MR) is 139 cm³/mol. The molecular formula is C27H27ClN4OS. The van der Waals surface area contributed by atoms with Crippen LogP contribution in [0.15, 0.2) is 71.9 Å². The van der Waals surface area contributed by atoms with Crippen molar-refractivity contribution < 1.29 is 4.79 Å². The summed E-state index contributed by atoms with van der Waals surface area (Å²) in [5, 5.41) is 13.5. The number of aryl methyl sites for hydroxylation is 3. The van der Waals surface area contributed by atoms with Crippen LogP contribution in [0, 0.1) is 20.8 Å². The number of carbonyl (C=O) groups excluding carboxylic acids is 1. The van der Waals surface area contributed by atoms with Gasteiger partial charge in [0.1, 0.15) is 0 Å². The Morgan fingerprint density at radius 1 is 0.971 bits per heavy atom. The molecule has 0 spiro atoms. The lowest BCUT2D eigenvalue weighted by atomic mass is 10.1. The smallest absolute Gasteiger partial charge is 0.252 e. The van der Waals surface area contributed by atoms with Crippen molar-refractivity contribution in [2.24, 2.45) is 0 Å². The van der Waals surface area contributed by atoms with Gasteiger partial charge in [0.25, 0.3) is 5.91 Å². The number of nitrogens with zero attached hydrogens (tertiary/aromatic N) is 3. The lowest BCUT2D eigenvalue weighted by Gasteiger charge is -2.18. The number of aromatic nitrogens is 3. The number of thioether (sulfide) groups is 1. The highest BCUT2D eigenvalue weighted by atomic mass is 35.5. The van der Waals surface area contributed by atoms with E-state index in [4.69, 9.17) is 11.6 Å². The van der Waals surface area contributed by atoms with Gasteiger partial charge in [-0.1, -0.05) is 71.9 Å². The molecule has 0 aliphatic carbocycles. The van der Waals surface area contributed by atoms with Crippen LogP contribution in [0.4, 0.5) is 0 Å². The van der Waals surface area contributed by atoms with E-state index >= 15 is 0 Å². The molecule has 0 saturated heterocycles. The van der Waals surface area contributed by atoms with Crippen LogP contribution in [0.3, 0.4) is 0 Å². The fourth-order valence-electron chi connectivity index (χ4n) is 3.79. The van der Waals surface area contributed by atoms with Crippen LogP contribution >= 0.6 is 23.4 Å². The van der Waals surface area contributed by atoms with Gasteiger partial charge in [-0.25, -0.2) is 0 Å². The van der Waals surface area contributed by atoms with Crippen molar-refractivity contribution in [2.45, 2.75) is 44.6 Å². The minimum Gasteiger partial charge on any atom is -0.342 e. The van der Waals surface area contributed by atoms with Crippen LogP contribution in [-0.4, -0.2) is 20.7 Å². The number of hydrogen-bond acceptors (Lipinski definition) is 4. The number of rotatable bonds is 7. The largest absolute Gasteiger partial charge is 0.342 e.